The summed E-state index contributed by atoms with van der Waals surface area (Å²) in [6, 6.07) is 3.72. The Morgan fingerprint density at radius 2 is 2.15 bits per heavy atom. The van der Waals surface area contributed by atoms with Crippen molar-refractivity contribution in [2.45, 2.75) is 25.4 Å². The number of hydrogen-bond donors (Lipinski definition) is 0. The molecule has 2 aromatic rings. The summed E-state index contributed by atoms with van der Waals surface area (Å²) in [5, 5.41) is 0. The molecule has 104 valence electrons. The van der Waals surface area contributed by atoms with Gasteiger partial charge in [-0.1, -0.05) is 0 Å². The Bertz CT molecular complexity index is 589. The van der Waals surface area contributed by atoms with Gasteiger partial charge in [0.25, 0.3) is 0 Å². The van der Waals surface area contributed by atoms with Crippen LogP contribution in [0.15, 0.2) is 36.8 Å². The molecule has 2 heterocycles. The molecule has 0 aliphatic carbocycles. The Balaban J connectivity index is 1.81. The highest BCUT2D eigenvalue weighted by Crippen LogP contribution is 2.32. The first-order valence-electron chi connectivity index (χ1n) is 6.68. The maximum atomic E-state index is 13.7. The van der Waals surface area contributed by atoms with Crippen molar-refractivity contribution >= 4 is 0 Å². The van der Waals surface area contributed by atoms with Crippen LogP contribution < -0.4 is 0 Å². The molecule has 0 N–H and O–H groups in total. The minimum absolute atomic E-state index is 0.131. The van der Waals surface area contributed by atoms with E-state index in [1.165, 1.54) is 12.1 Å². The van der Waals surface area contributed by atoms with Crippen LogP contribution in [0.4, 0.5) is 8.78 Å². The number of rotatable bonds is 3. The Morgan fingerprint density at radius 3 is 2.95 bits per heavy atom. The number of aromatic nitrogens is 2. The fourth-order valence-corrected chi connectivity index (χ4v) is 2.72. The van der Waals surface area contributed by atoms with Crippen molar-refractivity contribution in [3.63, 3.8) is 0 Å². The van der Waals surface area contributed by atoms with Crippen LogP contribution in [0.3, 0.4) is 0 Å². The lowest BCUT2D eigenvalue weighted by Crippen LogP contribution is -2.24. The van der Waals surface area contributed by atoms with Gasteiger partial charge in [0.2, 0.25) is 0 Å². The fourth-order valence-electron chi connectivity index (χ4n) is 2.72. The predicted octanol–water partition coefficient (Wildman–Crippen LogP) is 3.09. The van der Waals surface area contributed by atoms with Gasteiger partial charge in [-0.2, -0.15) is 0 Å². The standard InChI is InChI=1S/C15H15F2N3/c16-12-3-4-13(17)11(8-12)10-20-7-1-2-15(20)14-9-18-5-6-19-14/h3-6,8-9,15H,1-2,7,10H2. The van der Waals surface area contributed by atoms with Gasteiger partial charge < -0.3 is 0 Å². The van der Waals surface area contributed by atoms with E-state index >= 15 is 0 Å². The molecular formula is C15H15F2N3. The van der Waals surface area contributed by atoms with Crippen LogP contribution in [-0.2, 0) is 6.54 Å². The van der Waals surface area contributed by atoms with Crippen molar-refractivity contribution in [2.75, 3.05) is 6.54 Å². The van der Waals surface area contributed by atoms with Gasteiger partial charge in [-0.05, 0) is 37.6 Å². The number of nitrogens with zero attached hydrogens (tertiary/aromatic N) is 3. The summed E-state index contributed by atoms with van der Waals surface area (Å²) in [4.78, 5) is 10.5. The Morgan fingerprint density at radius 1 is 1.25 bits per heavy atom. The maximum absolute atomic E-state index is 13.7. The van der Waals surface area contributed by atoms with Crippen LogP contribution in [0.25, 0.3) is 0 Å². The molecule has 0 amide bonds. The first-order chi connectivity index (χ1) is 9.74. The van der Waals surface area contributed by atoms with E-state index in [4.69, 9.17) is 0 Å². The SMILES string of the molecule is Fc1ccc(F)c(CN2CCCC2c2cnccn2)c1. The molecule has 1 unspecified atom stereocenters. The smallest absolute Gasteiger partial charge is 0.127 e. The zero-order chi connectivity index (χ0) is 13.9. The molecule has 1 aliphatic rings. The highest BCUT2D eigenvalue weighted by atomic mass is 19.1. The van der Waals surface area contributed by atoms with E-state index in [-0.39, 0.29) is 11.9 Å². The summed E-state index contributed by atoms with van der Waals surface area (Å²) in [6.45, 7) is 1.25. The Hall–Kier alpha value is -1.88. The third kappa shape index (κ3) is 2.67. The lowest BCUT2D eigenvalue weighted by atomic mass is 10.1. The first kappa shape index (κ1) is 13.1. The lowest BCUT2D eigenvalue weighted by molar-refractivity contribution is 0.240. The predicted molar refractivity (Wildman–Crippen MR) is 70.8 cm³/mol. The summed E-state index contributed by atoms with van der Waals surface area (Å²) in [7, 11) is 0. The highest BCUT2D eigenvalue weighted by molar-refractivity contribution is 5.19. The molecule has 1 atom stereocenters. The summed E-state index contributed by atoms with van der Waals surface area (Å²) < 4.78 is 27.0. The third-order valence-electron chi connectivity index (χ3n) is 3.67. The van der Waals surface area contributed by atoms with Crippen LogP contribution in [0.2, 0.25) is 0 Å². The van der Waals surface area contributed by atoms with E-state index in [0.717, 1.165) is 31.1 Å². The van der Waals surface area contributed by atoms with Crippen LogP contribution in [0, 0.1) is 11.6 Å². The number of likely N-dealkylation sites (tertiary alicyclic amines) is 1. The molecule has 1 aromatic heterocycles. The topological polar surface area (TPSA) is 29.0 Å². The second-order valence-electron chi connectivity index (χ2n) is 4.99. The van der Waals surface area contributed by atoms with Gasteiger partial charge >= 0.3 is 0 Å². The van der Waals surface area contributed by atoms with E-state index in [1.54, 1.807) is 18.6 Å². The summed E-state index contributed by atoms with van der Waals surface area (Å²) in [5.41, 5.74) is 1.28. The van der Waals surface area contributed by atoms with Gasteiger partial charge in [0.05, 0.1) is 11.7 Å². The molecule has 1 fully saturated rings. The maximum Gasteiger partial charge on any atom is 0.127 e. The number of benzene rings is 1. The molecule has 0 spiro atoms. The fraction of sp³-hybridized carbons (Fsp3) is 0.333. The molecule has 5 heteroatoms. The second-order valence-corrected chi connectivity index (χ2v) is 4.99. The minimum Gasteiger partial charge on any atom is -0.290 e. The van der Waals surface area contributed by atoms with Crippen LogP contribution in [0.1, 0.15) is 30.1 Å². The van der Waals surface area contributed by atoms with Gasteiger partial charge in [0.1, 0.15) is 11.6 Å². The van der Waals surface area contributed by atoms with E-state index in [0.29, 0.717) is 12.1 Å². The molecule has 0 saturated carbocycles. The quantitative estimate of drug-likeness (QED) is 0.862. The summed E-state index contributed by atoms with van der Waals surface area (Å²) in [6.07, 6.45) is 7.03. The molecule has 3 rings (SSSR count). The van der Waals surface area contributed by atoms with Crippen LogP contribution in [-0.4, -0.2) is 21.4 Å². The molecule has 0 radical (unpaired) electrons. The molecule has 20 heavy (non-hydrogen) atoms. The normalized spacial score (nSPS) is 19.4. The van der Waals surface area contributed by atoms with E-state index < -0.39 is 5.82 Å². The van der Waals surface area contributed by atoms with Crippen molar-refractivity contribution in [2.24, 2.45) is 0 Å². The average Bonchev–Trinajstić information content (AvgIpc) is 2.92. The molecule has 1 saturated heterocycles. The summed E-state index contributed by atoms with van der Waals surface area (Å²) in [5.74, 6) is -0.771. The highest BCUT2D eigenvalue weighted by Gasteiger charge is 2.27. The van der Waals surface area contributed by atoms with Gasteiger partial charge in [0.15, 0.2) is 0 Å². The largest absolute Gasteiger partial charge is 0.290 e. The Kier molecular flexibility index (Phi) is 3.69. The molecule has 0 bridgehead atoms. The zero-order valence-corrected chi connectivity index (χ0v) is 11.0. The monoisotopic (exact) mass is 275 g/mol. The van der Waals surface area contributed by atoms with Gasteiger partial charge in [0, 0.05) is 30.7 Å². The number of hydrogen-bond acceptors (Lipinski definition) is 3. The number of halogens is 2. The minimum atomic E-state index is -0.406. The zero-order valence-electron chi connectivity index (χ0n) is 11.0. The van der Waals surface area contributed by atoms with E-state index in [9.17, 15) is 8.78 Å². The first-order valence-corrected chi connectivity index (χ1v) is 6.68. The van der Waals surface area contributed by atoms with Gasteiger partial charge in [-0.15, -0.1) is 0 Å². The van der Waals surface area contributed by atoms with Crippen molar-refractivity contribution in [1.82, 2.24) is 14.9 Å². The average molecular weight is 275 g/mol. The second kappa shape index (κ2) is 5.63. The van der Waals surface area contributed by atoms with Crippen LogP contribution >= 0.6 is 0 Å². The lowest BCUT2D eigenvalue weighted by Gasteiger charge is -2.24. The van der Waals surface area contributed by atoms with Crippen molar-refractivity contribution in [3.05, 3.63) is 59.7 Å². The van der Waals surface area contributed by atoms with E-state index in [1.807, 2.05) is 0 Å². The molecular weight excluding hydrogens is 260 g/mol. The van der Waals surface area contributed by atoms with Crippen molar-refractivity contribution in [3.8, 4) is 0 Å². The molecule has 1 aromatic carbocycles. The van der Waals surface area contributed by atoms with Gasteiger partial charge in [-0.25, -0.2) is 8.78 Å². The van der Waals surface area contributed by atoms with Crippen molar-refractivity contribution < 1.29 is 8.78 Å². The summed E-state index contributed by atoms with van der Waals surface area (Å²) >= 11 is 0. The van der Waals surface area contributed by atoms with Gasteiger partial charge in [-0.3, -0.25) is 14.9 Å². The molecule has 3 nitrogen and oxygen atoms in total. The van der Waals surface area contributed by atoms with Crippen molar-refractivity contribution in [1.29, 1.82) is 0 Å². The van der Waals surface area contributed by atoms with Crippen LogP contribution in [0.5, 0.6) is 0 Å². The Labute approximate surface area is 116 Å². The third-order valence-corrected chi connectivity index (χ3v) is 3.67. The molecule has 1 aliphatic heterocycles. The van der Waals surface area contributed by atoms with E-state index in [2.05, 4.69) is 14.9 Å².